The van der Waals surface area contributed by atoms with Crippen molar-refractivity contribution in [2.45, 2.75) is 44.6 Å². The quantitative estimate of drug-likeness (QED) is 0.854. The van der Waals surface area contributed by atoms with E-state index in [1.54, 1.807) is 6.07 Å². The molecule has 0 aromatic heterocycles. The van der Waals surface area contributed by atoms with E-state index in [4.69, 9.17) is 0 Å². The first-order valence-corrected chi connectivity index (χ1v) is 8.48. The standard InChI is InChI=1S/C18H25FN2O/c19-16-5-3-4-15(14-16)8-9-18(22)21-12-10-20(11-13-21)17-6-1-2-7-17/h3-5,14,17H,1-2,6-13H2. The molecule has 1 aliphatic carbocycles. The van der Waals surface area contributed by atoms with Crippen LogP contribution in [0.15, 0.2) is 24.3 Å². The van der Waals surface area contributed by atoms with Gasteiger partial charge < -0.3 is 4.90 Å². The highest BCUT2D eigenvalue weighted by Crippen LogP contribution is 2.24. The van der Waals surface area contributed by atoms with Crippen LogP contribution in [0.3, 0.4) is 0 Å². The van der Waals surface area contributed by atoms with Crippen LogP contribution in [0, 0.1) is 5.82 Å². The second kappa shape index (κ2) is 7.23. The number of nitrogens with zero attached hydrogens (tertiary/aromatic N) is 2. The third kappa shape index (κ3) is 3.86. The van der Waals surface area contributed by atoms with E-state index in [9.17, 15) is 9.18 Å². The monoisotopic (exact) mass is 304 g/mol. The number of halogens is 1. The summed E-state index contributed by atoms with van der Waals surface area (Å²) in [6.07, 6.45) is 6.47. The molecule has 3 nitrogen and oxygen atoms in total. The Kier molecular flexibility index (Phi) is 5.08. The maximum Gasteiger partial charge on any atom is 0.222 e. The number of hydrogen-bond donors (Lipinski definition) is 0. The highest BCUT2D eigenvalue weighted by Gasteiger charge is 2.27. The van der Waals surface area contributed by atoms with E-state index in [-0.39, 0.29) is 11.7 Å². The Morgan fingerprint density at radius 1 is 1.14 bits per heavy atom. The van der Waals surface area contributed by atoms with E-state index in [2.05, 4.69) is 4.90 Å². The second-order valence-corrected chi connectivity index (χ2v) is 6.48. The summed E-state index contributed by atoms with van der Waals surface area (Å²) in [5.41, 5.74) is 0.901. The van der Waals surface area contributed by atoms with Crippen molar-refractivity contribution in [3.05, 3.63) is 35.6 Å². The summed E-state index contributed by atoms with van der Waals surface area (Å²) in [4.78, 5) is 16.8. The predicted octanol–water partition coefficient (Wildman–Crippen LogP) is 2.85. The number of piperazine rings is 1. The first kappa shape index (κ1) is 15.5. The molecule has 1 aromatic carbocycles. The zero-order valence-corrected chi connectivity index (χ0v) is 13.1. The maximum absolute atomic E-state index is 13.1. The van der Waals surface area contributed by atoms with Gasteiger partial charge in [0, 0.05) is 38.6 Å². The Balaban J connectivity index is 1.43. The first-order valence-electron chi connectivity index (χ1n) is 8.48. The number of aryl methyl sites for hydroxylation is 1. The molecular weight excluding hydrogens is 279 g/mol. The van der Waals surface area contributed by atoms with E-state index in [0.29, 0.717) is 12.8 Å². The minimum Gasteiger partial charge on any atom is -0.340 e. The Hall–Kier alpha value is -1.42. The Morgan fingerprint density at radius 2 is 1.86 bits per heavy atom. The number of hydrogen-bond acceptors (Lipinski definition) is 2. The largest absolute Gasteiger partial charge is 0.340 e. The van der Waals surface area contributed by atoms with Crippen LogP contribution < -0.4 is 0 Å². The van der Waals surface area contributed by atoms with Gasteiger partial charge in [0.25, 0.3) is 0 Å². The molecule has 1 saturated heterocycles. The van der Waals surface area contributed by atoms with Gasteiger partial charge in [0.15, 0.2) is 0 Å². The van der Waals surface area contributed by atoms with Crippen molar-refractivity contribution in [2.24, 2.45) is 0 Å². The minimum atomic E-state index is -0.227. The molecule has 2 fully saturated rings. The van der Waals surface area contributed by atoms with Crippen molar-refractivity contribution in [2.75, 3.05) is 26.2 Å². The van der Waals surface area contributed by atoms with Crippen molar-refractivity contribution >= 4 is 5.91 Å². The molecule has 3 rings (SSSR count). The number of amides is 1. The Bertz CT molecular complexity index is 506. The highest BCUT2D eigenvalue weighted by molar-refractivity contribution is 5.76. The van der Waals surface area contributed by atoms with Gasteiger partial charge in [0.05, 0.1) is 0 Å². The summed E-state index contributed by atoms with van der Waals surface area (Å²) < 4.78 is 13.1. The normalized spacial score (nSPS) is 20.5. The number of benzene rings is 1. The van der Waals surface area contributed by atoms with Crippen LogP contribution in [0.4, 0.5) is 4.39 Å². The molecule has 0 spiro atoms. The van der Waals surface area contributed by atoms with Gasteiger partial charge in [0.2, 0.25) is 5.91 Å². The lowest BCUT2D eigenvalue weighted by atomic mass is 10.1. The topological polar surface area (TPSA) is 23.6 Å². The lowest BCUT2D eigenvalue weighted by Crippen LogP contribution is -2.51. The fourth-order valence-electron chi connectivity index (χ4n) is 3.71. The summed E-state index contributed by atoms with van der Waals surface area (Å²) in [6.45, 7) is 3.71. The van der Waals surface area contributed by atoms with Crippen LogP contribution in [0.1, 0.15) is 37.7 Å². The molecule has 0 unspecified atom stereocenters. The number of carbonyl (C=O) groups excluding carboxylic acids is 1. The predicted molar refractivity (Wildman–Crippen MR) is 85.1 cm³/mol. The van der Waals surface area contributed by atoms with Crippen LogP contribution in [0.2, 0.25) is 0 Å². The SMILES string of the molecule is O=C(CCc1cccc(F)c1)N1CCN(C2CCCC2)CC1. The van der Waals surface area contributed by atoms with Gasteiger partial charge in [-0.15, -0.1) is 0 Å². The average molecular weight is 304 g/mol. The molecule has 1 heterocycles. The Morgan fingerprint density at radius 3 is 2.55 bits per heavy atom. The maximum atomic E-state index is 13.1. The molecule has 22 heavy (non-hydrogen) atoms. The van der Waals surface area contributed by atoms with Gasteiger partial charge in [-0.05, 0) is 37.0 Å². The van der Waals surface area contributed by atoms with Gasteiger partial charge in [-0.25, -0.2) is 4.39 Å². The van der Waals surface area contributed by atoms with Gasteiger partial charge >= 0.3 is 0 Å². The molecule has 1 aromatic rings. The Labute approximate surface area is 132 Å². The van der Waals surface area contributed by atoms with Crippen molar-refractivity contribution in [3.63, 3.8) is 0 Å². The summed E-state index contributed by atoms with van der Waals surface area (Å²) in [5.74, 6) is -0.0227. The third-order valence-electron chi connectivity index (χ3n) is 5.02. The summed E-state index contributed by atoms with van der Waals surface area (Å²) in [5, 5.41) is 0. The van der Waals surface area contributed by atoms with Crippen LogP contribution in [-0.4, -0.2) is 47.9 Å². The molecular formula is C18H25FN2O. The van der Waals surface area contributed by atoms with Gasteiger partial charge in [-0.1, -0.05) is 25.0 Å². The molecule has 0 atom stereocenters. The lowest BCUT2D eigenvalue weighted by Gasteiger charge is -2.38. The van der Waals surface area contributed by atoms with E-state index in [1.807, 2.05) is 11.0 Å². The molecule has 0 radical (unpaired) electrons. The smallest absolute Gasteiger partial charge is 0.222 e. The van der Waals surface area contributed by atoms with E-state index < -0.39 is 0 Å². The third-order valence-corrected chi connectivity index (χ3v) is 5.02. The zero-order valence-electron chi connectivity index (χ0n) is 13.1. The number of rotatable bonds is 4. The second-order valence-electron chi connectivity index (χ2n) is 6.48. The van der Waals surface area contributed by atoms with Crippen molar-refractivity contribution in [3.8, 4) is 0 Å². The molecule has 1 aliphatic heterocycles. The first-order chi connectivity index (χ1) is 10.7. The molecule has 120 valence electrons. The summed E-state index contributed by atoms with van der Waals surface area (Å²) in [7, 11) is 0. The fraction of sp³-hybridized carbons (Fsp3) is 0.611. The van der Waals surface area contributed by atoms with Gasteiger partial charge in [-0.3, -0.25) is 9.69 Å². The van der Waals surface area contributed by atoms with Crippen LogP contribution in [0.25, 0.3) is 0 Å². The van der Waals surface area contributed by atoms with Crippen molar-refractivity contribution < 1.29 is 9.18 Å². The van der Waals surface area contributed by atoms with E-state index in [0.717, 1.165) is 37.8 Å². The lowest BCUT2D eigenvalue weighted by molar-refractivity contribution is -0.133. The van der Waals surface area contributed by atoms with E-state index in [1.165, 1.54) is 37.8 Å². The van der Waals surface area contributed by atoms with Crippen molar-refractivity contribution in [1.82, 2.24) is 9.80 Å². The summed E-state index contributed by atoms with van der Waals surface area (Å²) >= 11 is 0. The van der Waals surface area contributed by atoms with Gasteiger partial charge in [0.1, 0.15) is 5.82 Å². The zero-order chi connectivity index (χ0) is 15.4. The van der Waals surface area contributed by atoms with Crippen LogP contribution in [-0.2, 0) is 11.2 Å². The molecule has 2 aliphatic rings. The highest BCUT2D eigenvalue weighted by atomic mass is 19.1. The number of carbonyl (C=O) groups is 1. The van der Waals surface area contributed by atoms with Crippen LogP contribution in [0.5, 0.6) is 0 Å². The molecule has 4 heteroatoms. The van der Waals surface area contributed by atoms with Crippen molar-refractivity contribution in [1.29, 1.82) is 0 Å². The van der Waals surface area contributed by atoms with E-state index >= 15 is 0 Å². The minimum absolute atomic E-state index is 0.204. The molecule has 0 bridgehead atoms. The average Bonchev–Trinajstić information content (AvgIpc) is 3.07. The van der Waals surface area contributed by atoms with Crippen LogP contribution >= 0.6 is 0 Å². The summed E-state index contributed by atoms with van der Waals surface area (Å²) in [6, 6.07) is 7.30. The fourth-order valence-corrected chi connectivity index (χ4v) is 3.71. The van der Waals surface area contributed by atoms with Gasteiger partial charge in [-0.2, -0.15) is 0 Å². The molecule has 0 N–H and O–H groups in total. The molecule has 1 amide bonds. The molecule has 1 saturated carbocycles.